The molecule has 0 amide bonds. The average Bonchev–Trinajstić information content (AvgIpc) is 3.05. The number of hydrogen-bond acceptors (Lipinski definition) is 2. The maximum absolute atomic E-state index is 4.91. The molecule has 0 bridgehead atoms. The van der Waals surface area contributed by atoms with E-state index < -0.39 is 0 Å². The summed E-state index contributed by atoms with van der Waals surface area (Å²) >= 11 is 0. The van der Waals surface area contributed by atoms with E-state index in [-0.39, 0.29) is 0 Å². The summed E-state index contributed by atoms with van der Waals surface area (Å²) in [7, 11) is 0. The zero-order chi connectivity index (χ0) is 16.4. The molecule has 0 saturated carbocycles. The molecular formula is C22H13N3. The Balaban J connectivity index is 1.83. The van der Waals surface area contributed by atoms with Crippen LogP contribution in [0.15, 0.2) is 72.8 Å². The molecule has 0 atom stereocenters. The molecule has 4 aromatic carbocycles. The van der Waals surface area contributed by atoms with Gasteiger partial charge in [0.2, 0.25) is 0 Å². The van der Waals surface area contributed by atoms with Gasteiger partial charge in [-0.05, 0) is 30.3 Å². The summed E-state index contributed by atoms with van der Waals surface area (Å²) in [6.45, 7) is 0. The Labute approximate surface area is 142 Å². The quantitative estimate of drug-likeness (QED) is 0.294. The fourth-order valence-electron chi connectivity index (χ4n) is 3.79. The van der Waals surface area contributed by atoms with Crippen LogP contribution in [0.2, 0.25) is 0 Å². The van der Waals surface area contributed by atoms with Crippen molar-refractivity contribution in [2.24, 2.45) is 0 Å². The Morgan fingerprint density at radius 1 is 0.480 bits per heavy atom. The standard InChI is InChI=1S/C22H13N3/c1-2-6-17-13(5-1)14-9-10-16-15(21(14)24-17)11-12-20-22(16)25-19-8-4-3-7-18(19)23-20/h1-12,23H. The van der Waals surface area contributed by atoms with Gasteiger partial charge in [-0.15, -0.1) is 0 Å². The Morgan fingerprint density at radius 3 is 2.04 bits per heavy atom. The topological polar surface area (TPSA) is 41.6 Å². The van der Waals surface area contributed by atoms with Crippen molar-refractivity contribution < 1.29 is 0 Å². The fourth-order valence-corrected chi connectivity index (χ4v) is 3.79. The van der Waals surface area contributed by atoms with Gasteiger partial charge in [0.15, 0.2) is 0 Å². The number of nitrogens with one attached hydrogen (secondary N) is 1. The lowest BCUT2D eigenvalue weighted by Crippen LogP contribution is -1.89. The van der Waals surface area contributed by atoms with Crippen LogP contribution in [0, 0.1) is 0 Å². The summed E-state index contributed by atoms with van der Waals surface area (Å²) in [5, 5.41) is 4.69. The molecule has 0 fully saturated rings. The number of rotatable bonds is 0. The molecule has 3 heteroatoms. The van der Waals surface area contributed by atoms with Gasteiger partial charge in [0.1, 0.15) is 0 Å². The van der Waals surface area contributed by atoms with E-state index in [0.29, 0.717) is 0 Å². The van der Waals surface area contributed by atoms with Crippen molar-refractivity contribution in [2.75, 3.05) is 0 Å². The Morgan fingerprint density at radius 2 is 1.12 bits per heavy atom. The number of para-hydroxylation sites is 3. The molecule has 6 rings (SSSR count). The summed E-state index contributed by atoms with van der Waals surface area (Å²) in [6, 6.07) is 25.0. The molecule has 0 spiro atoms. The Bertz CT molecular complexity index is 1440. The first-order chi connectivity index (χ1) is 12.4. The molecule has 1 N–H and O–H groups in total. The van der Waals surface area contributed by atoms with E-state index in [1.807, 2.05) is 24.3 Å². The highest BCUT2D eigenvalue weighted by Gasteiger charge is 2.11. The van der Waals surface area contributed by atoms with E-state index in [9.17, 15) is 0 Å². The SMILES string of the molecule is c1ccc2[nH]c3ccc4c(ccc5c6ccccc6nc54)c3nc2c1. The van der Waals surface area contributed by atoms with E-state index in [1.54, 1.807) is 0 Å². The van der Waals surface area contributed by atoms with Gasteiger partial charge >= 0.3 is 0 Å². The first kappa shape index (κ1) is 12.9. The van der Waals surface area contributed by atoms with Crippen LogP contribution < -0.4 is 0 Å². The molecule has 0 aliphatic rings. The Kier molecular flexibility index (Phi) is 2.35. The number of H-pyrrole nitrogens is 1. The largest absolute Gasteiger partial charge is 0.352 e. The smallest absolute Gasteiger partial charge is 0.0951 e. The fraction of sp³-hybridized carbons (Fsp3) is 0. The molecule has 0 aliphatic carbocycles. The third-order valence-corrected chi connectivity index (χ3v) is 4.98. The van der Waals surface area contributed by atoms with Crippen LogP contribution in [0.1, 0.15) is 0 Å². The average molecular weight is 319 g/mol. The van der Waals surface area contributed by atoms with E-state index in [1.165, 1.54) is 10.8 Å². The predicted molar refractivity (Wildman–Crippen MR) is 104 cm³/mol. The molecule has 0 saturated heterocycles. The van der Waals surface area contributed by atoms with Crippen molar-refractivity contribution in [3.05, 3.63) is 72.8 Å². The summed E-state index contributed by atoms with van der Waals surface area (Å²) in [6.07, 6.45) is 0. The molecule has 2 aromatic heterocycles. The van der Waals surface area contributed by atoms with Gasteiger partial charge < -0.3 is 4.98 Å². The molecule has 25 heavy (non-hydrogen) atoms. The summed E-state index contributed by atoms with van der Waals surface area (Å²) in [5.74, 6) is 0. The minimum atomic E-state index is 0.975. The van der Waals surface area contributed by atoms with E-state index >= 15 is 0 Å². The lowest BCUT2D eigenvalue weighted by atomic mass is 10.0. The van der Waals surface area contributed by atoms with Crippen molar-refractivity contribution in [3.63, 3.8) is 0 Å². The van der Waals surface area contributed by atoms with Crippen LogP contribution in [-0.2, 0) is 0 Å². The zero-order valence-corrected chi connectivity index (χ0v) is 13.3. The highest BCUT2D eigenvalue weighted by molar-refractivity contribution is 6.21. The summed E-state index contributed by atoms with van der Waals surface area (Å²) in [5.41, 5.74) is 6.15. The zero-order valence-electron chi connectivity index (χ0n) is 13.3. The molecule has 0 aliphatic heterocycles. The Hall–Kier alpha value is -3.46. The third kappa shape index (κ3) is 1.69. The van der Waals surface area contributed by atoms with Crippen molar-refractivity contribution in [3.8, 4) is 0 Å². The van der Waals surface area contributed by atoms with Crippen molar-refractivity contribution in [1.82, 2.24) is 15.0 Å². The molecule has 6 aromatic rings. The van der Waals surface area contributed by atoms with Crippen LogP contribution in [0.5, 0.6) is 0 Å². The van der Waals surface area contributed by atoms with Crippen LogP contribution in [0.4, 0.5) is 0 Å². The first-order valence-corrected chi connectivity index (χ1v) is 8.37. The highest BCUT2D eigenvalue weighted by atomic mass is 14.8. The number of fused-ring (bicyclic) bond motifs is 8. The van der Waals surface area contributed by atoms with Gasteiger partial charge in [-0.25, -0.2) is 9.97 Å². The van der Waals surface area contributed by atoms with Crippen LogP contribution in [0.25, 0.3) is 54.6 Å². The van der Waals surface area contributed by atoms with Crippen LogP contribution >= 0.6 is 0 Å². The van der Waals surface area contributed by atoms with Crippen molar-refractivity contribution in [2.45, 2.75) is 0 Å². The van der Waals surface area contributed by atoms with E-state index in [2.05, 4.69) is 53.5 Å². The highest BCUT2D eigenvalue weighted by Crippen LogP contribution is 2.34. The molecule has 0 radical (unpaired) electrons. The second kappa shape index (κ2) is 4.54. The van der Waals surface area contributed by atoms with E-state index in [4.69, 9.17) is 9.97 Å². The normalized spacial score (nSPS) is 12.0. The predicted octanol–water partition coefficient (Wildman–Crippen LogP) is 5.57. The van der Waals surface area contributed by atoms with Gasteiger partial charge in [-0.3, -0.25) is 0 Å². The maximum atomic E-state index is 4.91. The number of aromatic amines is 1. The van der Waals surface area contributed by atoms with Crippen molar-refractivity contribution >= 4 is 54.6 Å². The van der Waals surface area contributed by atoms with Gasteiger partial charge in [0, 0.05) is 21.5 Å². The number of benzene rings is 4. The number of aromatic nitrogens is 3. The second-order valence-corrected chi connectivity index (χ2v) is 6.40. The van der Waals surface area contributed by atoms with Gasteiger partial charge in [0.25, 0.3) is 0 Å². The molecular weight excluding hydrogens is 306 g/mol. The van der Waals surface area contributed by atoms with Gasteiger partial charge in [-0.1, -0.05) is 42.5 Å². The second-order valence-electron chi connectivity index (χ2n) is 6.40. The third-order valence-electron chi connectivity index (χ3n) is 4.98. The molecule has 116 valence electrons. The lowest BCUT2D eigenvalue weighted by molar-refractivity contribution is 1.41. The minimum absolute atomic E-state index is 0.975. The van der Waals surface area contributed by atoms with Crippen LogP contribution in [-0.4, -0.2) is 15.0 Å². The molecule has 2 heterocycles. The lowest BCUT2D eigenvalue weighted by Gasteiger charge is -2.06. The monoisotopic (exact) mass is 319 g/mol. The number of hydrogen-bond donors (Lipinski definition) is 1. The summed E-state index contributed by atoms with van der Waals surface area (Å²) in [4.78, 5) is 13.3. The molecule has 3 nitrogen and oxygen atoms in total. The van der Waals surface area contributed by atoms with Gasteiger partial charge in [-0.2, -0.15) is 0 Å². The van der Waals surface area contributed by atoms with E-state index in [0.717, 1.165) is 43.9 Å². The summed E-state index contributed by atoms with van der Waals surface area (Å²) < 4.78 is 0. The van der Waals surface area contributed by atoms with Gasteiger partial charge in [0.05, 0.1) is 33.1 Å². The first-order valence-electron chi connectivity index (χ1n) is 8.37. The van der Waals surface area contributed by atoms with Crippen molar-refractivity contribution in [1.29, 1.82) is 0 Å². The molecule has 0 unspecified atom stereocenters. The van der Waals surface area contributed by atoms with Crippen LogP contribution in [0.3, 0.4) is 0 Å². The maximum Gasteiger partial charge on any atom is 0.0951 e. The number of nitrogens with zero attached hydrogens (tertiary/aromatic N) is 2. The minimum Gasteiger partial charge on any atom is -0.352 e.